The smallest absolute Gasteiger partial charge is 0.311 e. The van der Waals surface area contributed by atoms with Gasteiger partial charge in [-0.2, -0.15) is 0 Å². The summed E-state index contributed by atoms with van der Waals surface area (Å²) in [4.78, 5) is 12.2. The van der Waals surface area contributed by atoms with Gasteiger partial charge in [-0.05, 0) is 73.5 Å². The zero-order chi connectivity index (χ0) is 19.8. The molecule has 0 aromatic heterocycles. The van der Waals surface area contributed by atoms with Crippen LogP contribution in [0, 0.1) is 22.6 Å². The predicted octanol–water partition coefficient (Wildman–Crippen LogP) is 6.52. The number of hydrogen-bond acceptors (Lipinski definition) is 2. The summed E-state index contributed by atoms with van der Waals surface area (Å²) in [5.41, 5.74) is -0.665. The third-order valence-electron chi connectivity index (χ3n) is 5.50. The van der Waals surface area contributed by atoms with Gasteiger partial charge in [0.25, 0.3) is 0 Å². The van der Waals surface area contributed by atoms with Crippen LogP contribution in [0.1, 0.15) is 19.4 Å². The molecule has 0 bridgehead atoms. The molecule has 1 fully saturated rings. The van der Waals surface area contributed by atoms with Gasteiger partial charge in [0.1, 0.15) is 5.75 Å². The van der Waals surface area contributed by atoms with Gasteiger partial charge < -0.3 is 9.84 Å². The van der Waals surface area contributed by atoms with Gasteiger partial charge in [-0.25, -0.2) is 4.39 Å². The second-order valence-electron chi connectivity index (χ2n) is 7.29. The molecule has 0 radical (unpaired) electrons. The summed E-state index contributed by atoms with van der Waals surface area (Å²) >= 11 is 6.65. The number of ether oxygens (including phenoxy) is 1. The molecule has 0 aliphatic heterocycles. The van der Waals surface area contributed by atoms with E-state index < -0.39 is 22.6 Å². The summed E-state index contributed by atoms with van der Waals surface area (Å²) in [5.74, 6) is -0.880. The zero-order valence-electron chi connectivity index (χ0n) is 14.9. The number of halogens is 3. The predicted molar refractivity (Wildman–Crippen MR) is 110 cm³/mol. The SMILES string of the molecule is CC1(C)[C@@H](C=C(Br)Br)[C@@]1(Cc1ccc(F)c(Oc2ccccc2)c1)C(=O)O. The lowest BCUT2D eigenvalue weighted by Crippen LogP contribution is -2.24. The van der Waals surface area contributed by atoms with Crippen LogP contribution in [0.5, 0.6) is 11.5 Å². The first kappa shape index (κ1) is 20.1. The average molecular weight is 498 g/mol. The standard InChI is InChI=1S/C21H19Br2FO3/c1-20(2)17(11-18(22)23)21(20,19(25)26)12-13-8-9-15(24)16(10-13)27-14-6-4-3-5-7-14/h3-11,17H,12H2,1-2H3,(H,25,26)/t17-,21+/m1/s1. The van der Waals surface area contributed by atoms with E-state index in [9.17, 15) is 14.3 Å². The minimum Gasteiger partial charge on any atom is -0.481 e. The van der Waals surface area contributed by atoms with Crippen LogP contribution in [0.25, 0.3) is 0 Å². The Bertz CT molecular complexity index is 892. The van der Waals surface area contributed by atoms with Crippen LogP contribution in [0.4, 0.5) is 4.39 Å². The number of benzene rings is 2. The van der Waals surface area contributed by atoms with Crippen molar-refractivity contribution in [1.29, 1.82) is 0 Å². The van der Waals surface area contributed by atoms with Gasteiger partial charge in [0.05, 0.1) is 8.81 Å². The van der Waals surface area contributed by atoms with Gasteiger partial charge in [0.2, 0.25) is 0 Å². The number of para-hydroxylation sites is 1. The van der Waals surface area contributed by atoms with Crippen molar-refractivity contribution in [2.24, 2.45) is 16.7 Å². The second-order valence-corrected chi connectivity index (χ2v) is 10.1. The van der Waals surface area contributed by atoms with Crippen LogP contribution in [-0.4, -0.2) is 11.1 Å². The monoisotopic (exact) mass is 496 g/mol. The molecule has 0 unspecified atom stereocenters. The number of rotatable bonds is 6. The third-order valence-corrected chi connectivity index (χ3v) is 6.03. The fourth-order valence-corrected chi connectivity index (χ4v) is 4.40. The van der Waals surface area contributed by atoms with E-state index in [2.05, 4.69) is 31.9 Å². The Kier molecular flexibility index (Phi) is 5.50. The quantitative estimate of drug-likeness (QED) is 0.494. The lowest BCUT2D eigenvalue weighted by molar-refractivity contribution is -0.145. The minimum absolute atomic E-state index is 0.0893. The van der Waals surface area contributed by atoms with Crippen molar-refractivity contribution in [1.82, 2.24) is 0 Å². The molecule has 0 saturated heterocycles. The van der Waals surface area contributed by atoms with Gasteiger partial charge in [-0.15, -0.1) is 0 Å². The minimum atomic E-state index is -0.957. The molecule has 142 valence electrons. The topological polar surface area (TPSA) is 46.5 Å². The van der Waals surface area contributed by atoms with E-state index in [1.54, 1.807) is 36.4 Å². The van der Waals surface area contributed by atoms with Crippen molar-refractivity contribution in [2.75, 3.05) is 0 Å². The lowest BCUT2D eigenvalue weighted by Gasteiger charge is -2.16. The van der Waals surface area contributed by atoms with Crippen molar-refractivity contribution in [3.05, 3.63) is 69.4 Å². The van der Waals surface area contributed by atoms with Gasteiger partial charge >= 0.3 is 5.97 Å². The molecule has 1 saturated carbocycles. The maximum absolute atomic E-state index is 14.2. The van der Waals surface area contributed by atoms with Crippen LogP contribution in [0.15, 0.2) is 58.0 Å². The van der Waals surface area contributed by atoms with E-state index in [1.165, 1.54) is 6.07 Å². The molecular formula is C21H19Br2FO3. The Morgan fingerprint density at radius 2 is 1.89 bits per heavy atom. The highest BCUT2D eigenvalue weighted by molar-refractivity contribution is 9.28. The molecule has 2 aromatic carbocycles. The Balaban J connectivity index is 1.92. The van der Waals surface area contributed by atoms with E-state index in [4.69, 9.17) is 4.74 Å². The maximum atomic E-state index is 14.2. The number of carbonyl (C=O) groups is 1. The number of allylic oxidation sites excluding steroid dienone is 1. The van der Waals surface area contributed by atoms with Gasteiger partial charge in [0.15, 0.2) is 11.6 Å². The number of carboxylic acid groups (broad SMARTS) is 1. The Morgan fingerprint density at radius 3 is 2.48 bits per heavy atom. The number of aliphatic carboxylic acids is 1. The van der Waals surface area contributed by atoms with Gasteiger partial charge in [-0.3, -0.25) is 4.79 Å². The van der Waals surface area contributed by atoms with Crippen LogP contribution in [-0.2, 0) is 11.2 Å². The Hall–Kier alpha value is -1.66. The molecule has 3 nitrogen and oxygen atoms in total. The molecule has 1 aliphatic rings. The molecule has 0 spiro atoms. The van der Waals surface area contributed by atoms with Crippen molar-refractivity contribution >= 4 is 37.8 Å². The Labute approximate surface area is 174 Å². The van der Waals surface area contributed by atoms with Gasteiger partial charge in [-0.1, -0.05) is 44.2 Å². The van der Waals surface area contributed by atoms with Crippen molar-refractivity contribution in [3.8, 4) is 11.5 Å². The summed E-state index contributed by atoms with van der Waals surface area (Å²) in [6.07, 6.45) is 2.16. The molecule has 6 heteroatoms. The third kappa shape index (κ3) is 3.69. The van der Waals surface area contributed by atoms with E-state index in [-0.39, 0.29) is 18.1 Å². The highest BCUT2D eigenvalue weighted by Crippen LogP contribution is 2.71. The normalized spacial score (nSPS) is 22.8. The van der Waals surface area contributed by atoms with Crippen LogP contribution in [0.3, 0.4) is 0 Å². The first-order valence-electron chi connectivity index (χ1n) is 8.46. The second kappa shape index (κ2) is 7.40. The zero-order valence-corrected chi connectivity index (χ0v) is 18.1. The van der Waals surface area contributed by atoms with Crippen LogP contribution in [0.2, 0.25) is 0 Å². The number of carboxylic acids is 1. The van der Waals surface area contributed by atoms with E-state index in [0.29, 0.717) is 5.75 Å². The molecule has 0 heterocycles. The highest BCUT2D eigenvalue weighted by Gasteiger charge is 2.74. The lowest BCUT2D eigenvalue weighted by atomic mass is 9.88. The molecular weight excluding hydrogens is 479 g/mol. The van der Waals surface area contributed by atoms with E-state index in [1.807, 2.05) is 26.0 Å². The first-order valence-corrected chi connectivity index (χ1v) is 10.0. The molecule has 2 atom stereocenters. The largest absolute Gasteiger partial charge is 0.481 e. The van der Waals surface area contributed by atoms with E-state index >= 15 is 0 Å². The fraction of sp³-hybridized carbons (Fsp3) is 0.286. The summed E-state index contributed by atoms with van der Waals surface area (Å²) in [6, 6.07) is 13.5. The van der Waals surface area contributed by atoms with Crippen LogP contribution >= 0.6 is 31.9 Å². The Morgan fingerprint density at radius 1 is 1.22 bits per heavy atom. The summed E-state index contributed by atoms with van der Waals surface area (Å²) in [7, 11) is 0. The highest BCUT2D eigenvalue weighted by atomic mass is 79.9. The maximum Gasteiger partial charge on any atom is 0.311 e. The van der Waals surface area contributed by atoms with Crippen molar-refractivity contribution in [3.63, 3.8) is 0 Å². The summed E-state index contributed by atoms with van der Waals surface area (Å²) in [5, 5.41) is 9.98. The van der Waals surface area contributed by atoms with Crippen molar-refractivity contribution in [2.45, 2.75) is 20.3 Å². The molecule has 27 heavy (non-hydrogen) atoms. The number of hydrogen-bond donors (Lipinski definition) is 1. The molecule has 1 aliphatic carbocycles. The molecule has 2 aromatic rings. The molecule has 0 amide bonds. The van der Waals surface area contributed by atoms with Crippen molar-refractivity contribution < 1.29 is 19.0 Å². The van der Waals surface area contributed by atoms with E-state index in [0.717, 1.165) is 8.96 Å². The van der Waals surface area contributed by atoms with Gasteiger partial charge in [0, 0.05) is 5.92 Å². The molecule has 3 rings (SSSR count). The summed E-state index contributed by atoms with van der Waals surface area (Å²) < 4.78 is 20.6. The molecule has 1 N–H and O–H groups in total. The fourth-order valence-electron chi connectivity index (χ4n) is 3.87. The average Bonchev–Trinajstić information content (AvgIpc) is 3.06. The summed E-state index contributed by atoms with van der Waals surface area (Å²) in [6.45, 7) is 3.88. The first-order chi connectivity index (χ1) is 12.7. The van der Waals surface area contributed by atoms with Crippen LogP contribution < -0.4 is 4.74 Å².